The lowest BCUT2D eigenvalue weighted by Gasteiger charge is -2.36. The molecule has 1 saturated heterocycles. The average molecular weight is 260 g/mol. The Kier molecular flexibility index (Phi) is 5.40. The number of hydrogen-bond acceptors (Lipinski definition) is 3. The Hall–Kier alpha value is -1.35. The molecule has 0 saturated carbocycles. The zero-order valence-corrected chi connectivity index (χ0v) is 11.8. The molecule has 1 aliphatic rings. The Balaban J connectivity index is 1.69. The molecular formula is C16H24N2O. The van der Waals surface area contributed by atoms with Crippen molar-refractivity contribution in [2.75, 3.05) is 37.6 Å². The van der Waals surface area contributed by atoms with Crippen LogP contribution in [0.15, 0.2) is 30.3 Å². The van der Waals surface area contributed by atoms with Crippen LogP contribution in [-0.2, 0) is 4.79 Å². The first-order valence-corrected chi connectivity index (χ1v) is 7.33. The number of para-hydroxylation sites is 1. The van der Waals surface area contributed by atoms with Crippen molar-refractivity contribution < 1.29 is 4.79 Å². The number of ketones is 1. The van der Waals surface area contributed by atoms with E-state index < -0.39 is 0 Å². The fourth-order valence-corrected chi connectivity index (χ4v) is 2.55. The van der Waals surface area contributed by atoms with Gasteiger partial charge in [0.2, 0.25) is 0 Å². The van der Waals surface area contributed by atoms with Crippen LogP contribution < -0.4 is 4.90 Å². The summed E-state index contributed by atoms with van der Waals surface area (Å²) in [5, 5.41) is 0. The number of piperazine rings is 1. The zero-order valence-electron chi connectivity index (χ0n) is 11.8. The molecule has 1 aromatic rings. The smallest absolute Gasteiger partial charge is 0.132 e. The minimum absolute atomic E-state index is 0.392. The summed E-state index contributed by atoms with van der Waals surface area (Å²) in [6, 6.07) is 10.6. The Bertz CT molecular complexity index is 383. The van der Waals surface area contributed by atoms with E-state index in [0.29, 0.717) is 12.2 Å². The van der Waals surface area contributed by atoms with Crippen LogP contribution in [-0.4, -0.2) is 43.4 Å². The van der Waals surface area contributed by atoms with E-state index in [4.69, 9.17) is 0 Å². The quantitative estimate of drug-likeness (QED) is 0.785. The second-order valence-electron chi connectivity index (χ2n) is 5.16. The molecule has 19 heavy (non-hydrogen) atoms. The predicted molar refractivity (Wildman–Crippen MR) is 79.6 cm³/mol. The molecule has 0 atom stereocenters. The van der Waals surface area contributed by atoms with Gasteiger partial charge in [0.1, 0.15) is 5.78 Å². The van der Waals surface area contributed by atoms with Crippen LogP contribution in [0.3, 0.4) is 0 Å². The molecule has 2 rings (SSSR count). The highest BCUT2D eigenvalue weighted by Gasteiger charge is 2.16. The lowest BCUT2D eigenvalue weighted by Crippen LogP contribution is -2.46. The van der Waals surface area contributed by atoms with Gasteiger partial charge in [-0.05, 0) is 25.1 Å². The Morgan fingerprint density at radius 1 is 1.11 bits per heavy atom. The van der Waals surface area contributed by atoms with E-state index in [0.717, 1.165) is 45.6 Å². The number of carbonyl (C=O) groups is 1. The minimum atomic E-state index is 0.392. The highest BCUT2D eigenvalue weighted by atomic mass is 16.1. The first-order chi connectivity index (χ1) is 9.29. The van der Waals surface area contributed by atoms with Crippen molar-refractivity contribution in [3.8, 4) is 0 Å². The van der Waals surface area contributed by atoms with E-state index in [1.54, 1.807) is 0 Å². The molecule has 0 spiro atoms. The molecule has 0 aromatic heterocycles. The highest BCUT2D eigenvalue weighted by molar-refractivity contribution is 5.77. The maximum atomic E-state index is 11.3. The minimum Gasteiger partial charge on any atom is -0.369 e. The number of rotatable bonds is 6. The number of hydrogen-bond donors (Lipinski definition) is 0. The van der Waals surface area contributed by atoms with Gasteiger partial charge >= 0.3 is 0 Å². The summed E-state index contributed by atoms with van der Waals surface area (Å²) in [7, 11) is 0. The van der Waals surface area contributed by atoms with E-state index >= 15 is 0 Å². The molecule has 0 N–H and O–H groups in total. The van der Waals surface area contributed by atoms with Crippen LogP contribution in [0.1, 0.15) is 26.2 Å². The van der Waals surface area contributed by atoms with Gasteiger partial charge in [0.25, 0.3) is 0 Å². The number of nitrogens with zero attached hydrogens (tertiary/aromatic N) is 2. The van der Waals surface area contributed by atoms with Gasteiger partial charge < -0.3 is 4.90 Å². The van der Waals surface area contributed by atoms with E-state index in [2.05, 4.69) is 40.1 Å². The summed E-state index contributed by atoms with van der Waals surface area (Å²) in [4.78, 5) is 16.2. The van der Waals surface area contributed by atoms with Crippen molar-refractivity contribution in [3.63, 3.8) is 0 Å². The largest absolute Gasteiger partial charge is 0.369 e. The van der Waals surface area contributed by atoms with Gasteiger partial charge in [0.15, 0.2) is 0 Å². The molecule has 0 aliphatic carbocycles. The summed E-state index contributed by atoms with van der Waals surface area (Å²) >= 11 is 0. The van der Waals surface area contributed by atoms with Gasteiger partial charge in [-0.2, -0.15) is 0 Å². The summed E-state index contributed by atoms with van der Waals surface area (Å²) in [6.07, 6.45) is 2.44. The number of carbonyl (C=O) groups excluding carboxylic acids is 1. The second-order valence-corrected chi connectivity index (χ2v) is 5.16. The van der Waals surface area contributed by atoms with Crippen molar-refractivity contribution in [1.29, 1.82) is 0 Å². The highest BCUT2D eigenvalue weighted by Crippen LogP contribution is 2.15. The molecule has 1 aromatic carbocycles. The van der Waals surface area contributed by atoms with Crippen molar-refractivity contribution in [1.82, 2.24) is 4.90 Å². The van der Waals surface area contributed by atoms with Crippen LogP contribution in [0.25, 0.3) is 0 Å². The van der Waals surface area contributed by atoms with Crippen LogP contribution in [0.5, 0.6) is 0 Å². The third kappa shape index (κ3) is 4.35. The van der Waals surface area contributed by atoms with Crippen molar-refractivity contribution in [2.24, 2.45) is 0 Å². The van der Waals surface area contributed by atoms with Crippen LogP contribution in [0, 0.1) is 0 Å². The van der Waals surface area contributed by atoms with E-state index in [1.807, 2.05) is 6.92 Å². The van der Waals surface area contributed by atoms with Gasteiger partial charge in [-0.15, -0.1) is 0 Å². The third-order valence-corrected chi connectivity index (χ3v) is 3.82. The summed E-state index contributed by atoms with van der Waals surface area (Å²) in [5.74, 6) is 0.392. The molecule has 1 heterocycles. The number of benzene rings is 1. The molecule has 0 unspecified atom stereocenters. The van der Waals surface area contributed by atoms with Crippen LogP contribution >= 0.6 is 0 Å². The topological polar surface area (TPSA) is 23.6 Å². The fourth-order valence-electron chi connectivity index (χ4n) is 2.55. The SMILES string of the molecule is CCC(=O)CCCN1CCN(c2ccccc2)CC1. The van der Waals surface area contributed by atoms with Gasteiger partial charge in [0.05, 0.1) is 0 Å². The maximum Gasteiger partial charge on any atom is 0.132 e. The van der Waals surface area contributed by atoms with Crippen molar-refractivity contribution >= 4 is 11.5 Å². The van der Waals surface area contributed by atoms with E-state index in [-0.39, 0.29) is 0 Å². The summed E-state index contributed by atoms with van der Waals surface area (Å²) in [5.41, 5.74) is 1.32. The standard InChI is InChI=1S/C16H24N2O/c1-2-16(19)9-6-10-17-11-13-18(14-12-17)15-7-4-3-5-8-15/h3-5,7-8H,2,6,9-14H2,1H3. The lowest BCUT2D eigenvalue weighted by molar-refractivity contribution is -0.118. The van der Waals surface area contributed by atoms with E-state index in [9.17, 15) is 4.79 Å². The Morgan fingerprint density at radius 2 is 1.79 bits per heavy atom. The number of anilines is 1. The molecule has 0 amide bonds. The molecule has 1 aliphatic heterocycles. The summed E-state index contributed by atoms with van der Waals surface area (Å²) in [6.45, 7) is 7.40. The Labute approximate surface area is 116 Å². The maximum absolute atomic E-state index is 11.3. The lowest BCUT2D eigenvalue weighted by atomic mass is 10.1. The average Bonchev–Trinajstić information content (AvgIpc) is 2.48. The predicted octanol–water partition coefficient (Wildman–Crippen LogP) is 2.57. The van der Waals surface area contributed by atoms with Crippen LogP contribution in [0.2, 0.25) is 0 Å². The van der Waals surface area contributed by atoms with Gasteiger partial charge in [-0.1, -0.05) is 25.1 Å². The molecule has 1 fully saturated rings. The third-order valence-electron chi connectivity index (χ3n) is 3.82. The monoisotopic (exact) mass is 260 g/mol. The first kappa shape index (κ1) is 14.1. The van der Waals surface area contributed by atoms with Crippen molar-refractivity contribution in [2.45, 2.75) is 26.2 Å². The first-order valence-electron chi connectivity index (χ1n) is 7.33. The molecule has 3 heteroatoms. The fraction of sp³-hybridized carbons (Fsp3) is 0.562. The van der Waals surface area contributed by atoms with Gasteiger partial charge in [0, 0.05) is 44.7 Å². The Morgan fingerprint density at radius 3 is 2.42 bits per heavy atom. The second kappa shape index (κ2) is 7.29. The molecular weight excluding hydrogens is 236 g/mol. The van der Waals surface area contributed by atoms with E-state index in [1.165, 1.54) is 5.69 Å². The van der Waals surface area contributed by atoms with Crippen molar-refractivity contribution in [3.05, 3.63) is 30.3 Å². The molecule has 0 radical (unpaired) electrons. The summed E-state index contributed by atoms with van der Waals surface area (Å²) < 4.78 is 0. The normalized spacial score (nSPS) is 16.6. The van der Waals surface area contributed by atoms with Crippen LogP contribution in [0.4, 0.5) is 5.69 Å². The van der Waals surface area contributed by atoms with Gasteiger partial charge in [-0.3, -0.25) is 9.69 Å². The molecule has 0 bridgehead atoms. The molecule has 3 nitrogen and oxygen atoms in total. The number of Topliss-reactive ketones (excluding diaryl/α,β-unsaturated/α-hetero) is 1. The zero-order chi connectivity index (χ0) is 13.5. The van der Waals surface area contributed by atoms with Gasteiger partial charge in [-0.25, -0.2) is 0 Å². The molecule has 104 valence electrons.